The second-order valence-corrected chi connectivity index (χ2v) is 4.06. The molecular formula is C10H20N2O2. The number of amides is 2. The van der Waals surface area contributed by atoms with Crippen LogP contribution in [-0.4, -0.2) is 41.3 Å². The van der Waals surface area contributed by atoms with E-state index in [4.69, 9.17) is 5.11 Å². The van der Waals surface area contributed by atoms with Gasteiger partial charge in [-0.25, -0.2) is 4.79 Å². The molecule has 4 nitrogen and oxygen atoms in total. The quantitative estimate of drug-likeness (QED) is 0.710. The van der Waals surface area contributed by atoms with Crippen LogP contribution >= 0.6 is 0 Å². The van der Waals surface area contributed by atoms with Crippen LogP contribution in [-0.2, 0) is 0 Å². The minimum atomic E-state index is -0.195. The van der Waals surface area contributed by atoms with E-state index in [9.17, 15) is 4.79 Å². The zero-order valence-electron chi connectivity index (χ0n) is 9.05. The molecule has 0 aliphatic carbocycles. The monoisotopic (exact) mass is 200 g/mol. The van der Waals surface area contributed by atoms with Gasteiger partial charge in [-0.1, -0.05) is 6.92 Å². The first-order chi connectivity index (χ1) is 6.64. The van der Waals surface area contributed by atoms with Crippen LogP contribution < -0.4 is 5.32 Å². The Morgan fingerprint density at radius 3 is 2.86 bits per heavy atom. The summed E-state index contributed by atoms with van der Waals surface area (Å²) in [6.07, 6.45) is 2.52. The third-order valence-electron chi connectivity index (χ3n) is 3.14. The fourth-order valence-electron chi connectivity index (χ4n) is 1.89. The van der Waals surface area contributed by atoms with Gasteiger partial charge in [0.15, 0.2) is 0 Å². The third-order valence-corrected chi connectivity index (χ3v) is 3.14. The molecule has 1 aliphatic rings. The topological polar surface area (TPSA) is 52.6 Å². The van der Waals surface area contributed by atoms with Crippen molar-refractivity contribution in [3.63, 3.8) is 0 Å². The van der Waals surface area contributed by atoms with Crippen molar-refractivity contribution >= 4 is 6.03 Å². The van der Waals surface area contributed by atoms with Crippen molar-refractivity contribution in [2.24, 2.45) is 0 Å². The second-order valence-electron chi connectivity index (χ2n) is 4.06. The van der Waals surface area contributed by atoms with Gasteiger partial charge in [0.05, 0.1) is 0 Å². The molecule has 82 valence electrons. The van der Waals surface area contributed by atoms with Gasteiger partial charge in [0.1, 0.15) is 0 Å². The second kappa shape index (κ2) is 4.64. The van der Waals surface area contributed by atoms with Gasteiger partial charge in [0, 0.05) is 25.2 Å². The maximum atomic E-state index is 11.6. The van der Waals surface area contributed by atoms with Crippen molar-refractivity contribution in [1.82, 2.24) is 10.2 Å². The van der Waals surface area contributed by atoms with Crippen LogP contribution in [0.2, 0.25) is 0 Å². The van der Waals surface area contributed by atoms with Crippen molar-refractivity contribution in [1.29, 1.82) is 0 Å². The minimum absolute atomic E-state index is 0.00838. The molecule has 1 saturated heterocycles. The fraction of sp³-hybridized carbons (Fsp3) is 0.900. The van der Waals surface area contributed by atoms with Crippen LogP contribution in [0, 0.1) is 0 Å². The van der Waals surface area contributed by atoms with Crippen molar-refractivity contribution in [3.05, 3.63) is 0 Å². The lowest BCUT2D eigenvalue weighted by molar-refractivity contribution is 0.0845. The Morgan fingerprint density at radius 1 is 1.64 bits per heavy atom. The van der Waals surface area contributed by atoms with Crippen LogP contribution in [0.3, 0.4) is 0 Å². The fourth-order valence-corrected chi connectivity index (χ4v) is 1.89. The van der Waals surface area contributed by atoms with Gasteiger partial charge in [0.25, 0.3) is 0 Å². The number of hydrogen-bond donors (Lipinski definition) is 2. The summed E-state index contributed by atoms with van der Waals surface area (Å²) in [6, 6.07) is 0.00838. The summed E-state index contributed by atoms with van der Waals surface area (Å²) >= 11 is 0. The van der Waals surface area contributed by atoms with E-state index in [1.165, 1.54) is 0 Å². The van der Waals surface area contributed by atoms with E-state index in [2.05, 4.69) is 12.2 Å². The average molecular weight is 200 g/mol. The lowest BCUT2D eigenvalue weighted by Gasteiger charge is -2.42. The molecule has 0 bridgehead atoms. The van der Waals surface area contributed by atoms with Gasteiger partial charge in [0.2, 0.25) is 0 Å². The van der Waals surface area contributed by atoms with Crippen LogP contribution in [0.25, 0.3) is 0 Å². The highest BCUT2D eigenvalue weighted by atomic mass is 16.3. The van der Waals surface area contributed by atoms with Gasteiger partial charge in [-0.3, -0.25) is 0 Å². The summed E-state index contributed by atoms with van der Waals surface area (Å²) in [5.41, 5.74) is -0.195. The highest BCUT2D eigenvalue weighted by molar-refractivity contribution is 5.75. The Balaban J connectivity index is 2.70. The lowest BCUT2D eigenvalue weighted by atomic mass is 9.92. The Labute approximate surface area is 85.3 Å². The number of rotatable bonds is 4. The zero-order valence-corrected chi connectivity index (χ0v) is 9.05. The predicted molar refractivity (Wildman–Crippen MR) is 55.1 cm³/mol. The SMILES string of the molecule is CCC(C)(CCO)N1CCCNC1=O. The minimum Gasteiger partial charge on any atom is -0.396 e. The van der Waals surface area contributed by atoms with Crippen LogP contribution in [0.5, 0.6) is 0 Å². The van der Waals surface area contributed by atoms with E-state index in [0.717, 1.165) is 25.9 Å². The molecular weight excluding hydrogens is 180 g/mol. The molecule has 1 heterocycles. The first kappa shape index (κ1) is 11.3. The van der Waals surface area contributed by atoms with E-state index in [-0.39, 0.29) is 18.2 Å². The molecule has 1 aliphatic heterocycles. The number of aliphatic hydroxyl groups is 1. The Bertz CT molecular complexity index is 208. The molecule has 1 rings (SSSR count). The maximum absolute atomic E-state index is 11.6. The summed E-state index contributed by atoms with van der Waals surface area (Å²) in [5.74, 6) is 0. The molecule has 0 aromatic carbocycles. The maximum Gasteiger partial charge on any atom is 0.317 e. The number of hydrogen-bond acceptors (Lipinski definition) is 2. The highest BCUT2D eigenvalue weighted by Gasteiger charge is 2.34. The van der Waals surface area contributed by atoms with Crippen LogP contribution in [0.15, 0.2) is 0 Å². The van der Waals surface area contributed by atoms with Crippen LogP contribution in [0.4, 0.5) is 4.79 Å². The molecule has 2 N–H and O–H groups in total. The standard InChI is InChI=1S/C10H20N2O2/c1-3-10(2,5-8-13)12-7-4-6-11-9(12)14/h13H,3-8H2,1-2H3,(H,11,14). The predicted octanol–water partition coefficient (Wildman–Crippen LogP) is 0.953. The van der Waals surface area contributed by atoms with Crippen molar-refractivity contribution < 1.29 is 9.90 Å². The Morgan fingerprint density at radius 2 is 2.36 bits per heavy atom. The van der Waals surface area contributed by atoms with E-state index in [0.29, 0.717) is 6.42 Å². The van der Waals surface area contributed by atoms with Gasteiger partial charge in [-0.15, -0.1) is 0 Å². The van der Waals surface area contributed by atoms with Crippen molar-refractivity contribution in [2.45, 2.75) is 38.6 Å². The average Bonchev–Trinajstić information content (AvgIpc) is 2.18. The summed E-state index contributed by atoms with van der Waals surface area (Å²) in [5, 5.41) is 11.8. The molecule has 1 atom stereocenters. The van der Waals surface area contributed by atoms with E-state index in [1.54, 1.807) is 0 Å². The van der Waals surface area contributed by atoms with Gasteiger partial charge < -0.3 is 15.3 Å². The molecule has 4 heteroatoms. The molecule has 1 fully saturated rings. The number of urea groups is 1. The molecule has 0 radical (unpaired) electrons. The van der Waals surface area contributed by atoms with E-state index < -0.39 is 0 Å². The molecule has 14 heavy (non-hydrogen) atoms. The van der Waals surface area contributed by atoms with E-state index >= 15 is 0 Å². The van der Waals surface area contributed by atoms with Gasteiger partial charge in [-0.2, -0.15) is 0 Å². The third kappa shape index (κ3) is 2.18. The largest absolute Gasteiger partial charge is 0.396 e. The lowest BCUT2D eigenvalue weighted by Crippen LogP contribution is -2.57. The molecule has 0 aromatic rings. The molecule has 0 aromatic heterocycles. The first-order valence-corrected chi connectivity index (χ1v) is 5.30. The Kier molecular flexibility index (Phi) is 3.75. The van der Waals surface area contributed by atoms with Crippen molar-refractivity contribution in [2.75, 3.05) is 19.7 Å². The zero-order chi connectivity index (χ0) is 10.6. The molecule has 0 spiro atoms. The molecule has 0 saturated carbocycles. The summed E-state index contributed by atoms with van der Waals surface area (Å²) in [6.45, 7) is 5.80. The summed E-state index contributed by atoms with van der Waals surface area (Å²) < 4.78 is 0. The smallest absolute Gasteiger partial charge is 0.317 e. The number of nitrogens with one attached hydrogen (secondary N) is 1. The Hall–Kier alpha value is -0.770. The molecule has 1 unspecified atom stereocenters. The van der Waals surface area contributed by atoms with Crippen LogP contribution in [0.1, 0.15) is 33.1 Å². The highest BCUT2D eigenvalue weighted by Crippen LogP contribution is 2.24. The molecule has 2 amide bonds. The summed E-state index contributed by atoms with van der Waals surface area (Å²) in [4.78, 5) is 13.5. The van der Waals surface area contributed by atoms with Crippen molar-refractivity contribution in [3.8, 4) is 0 Å². The van der Waals surface area contributed by atoms with Gasteiger partial charge >= 0.3 is 6.03 Å². The normalized spacial score (nSPS) is 21.6. The van der Waals surface area contributed by atoms with E-state index in [1.807, 2.05) is 11.8 Å². The first-order valence-electron chi connectivity index (χ1n) is 5.30. The number of aliphatic hydroxyl groups excluding tert-OH is 1. The summed E-state index contributed by atoms with van der Waals surface area (Å²) in [7, 11) is 0. The number of carbonyl (C=O) groups is 1. The van der Waals surface area contributed by atoms with Gasteiger partial charge in [-0.05, 0) is 26.2 Å². The number of nitrogens with zero attached hydrogens (tertiary/aromatic N) is 1. The number of carbonyl (C=O) groups excluding carboxylic acids is 1.